The molecule has 0 heterocycles. The second kappa shape index (κ2) is 6.42. The van der Waals surface area contributed by atoms with E-state index in [1.165, 1.54) is 7.11 Å². The molecule has 0 aliphatic heterocycles. The van der Waals surface area contributed by atoms with Gasteiger partial charge in [0.2, 0.25) is 5.91 Å². The molecule has 1 rings (SSSR count). The molecular weight excluding hydrogens is 260 g/mol. The monoisotopic (exact) mass is 272 g/mol. The standard InChI is InChI=1S/C11H13ClN2O2S/c1-16-9-3-2-7(6-8(9)12)14-11(15)5-4-10(13)17/h2-3,6H,4-5H2,1H3,(H2,13,17)(H,14,15). The van der Waals surface area contributed by atoms with Crippen LogP contribution in [0.15, 0.2) is 18.2 Å². The molecular formula is C11H13ClN2O2S. The van der Waals surface area contributed by atoms with Gasteiger partial charge in [0.15, 0.2) is 0 Å². The van der Waals surface area contributed by atoms with Gasteiger partial charge in [-0.15, -0.1) is 0 Å². The van der Waals surface area contributed by atoms with Gasteiger partial charge in [-0.2, -0.15) is 0 Å². The maximum atomic E-state index is 11.5. The molecule has 6 heteroatoms. The molecule has 0 spiro atoms. The van der Waals surface area contributed by atoms with Crippen LogP contribution in [-0.2, 0) is 4.79 Å². The molecule has 17 heavy (non-hydrogen) atoms. The highest BCUT2D eigenvalue weighted by atomic mass is 35.5. The number of carbonyl (C=O) groups excluding carboxylic acids is 1. The van der Waals surface area contributed by atoms with Crippen molar-refractivity contribution in [3.63, 3.8) is 0 Å². The number of benzene rings is 1. The lowest BCUT2D eigenvalue weighted by Crippen LogP contribution is -2.15. The van der Waals surface area contributed by atoms with Gasteiger partial charge in [0.05, 0.1) is 17.1 Å². The summed E-state index contributed by atoms with van der Waals surface area (Å²) in [7, 11) is 1.53. The Hall–Kier alpha value is -1.33. The molecule has 3 N–H and O–H groups in total. The molecule has 0 aliphatic rings. The van der Waals surface area contributed by atoms with E-state index in [2.05, 4.69) is 5.32 Å². The summed E-state index contributed by atoms with van der Waals surface area (Å²) in [6, 6.07) is 5.02. The minimum absolute atomic E-state index is 0.154. The number of hydrogen-bond donors (Lipinski definition) is 2. The van der Waals surface area contributed by atoms with E-state index in [-0.39, 0.29) is 12.3 Å². The number of thiocarbonyl (C=S) groups is 1. The van der Waals surface area contributed by atoms with Gasteiger partial charge in [-0.1, -0.05) is 23.8 Å². The Morgan fingerprint density at radius 2 is 2.24 bits per heavy atom. The number of nitrogens with one attached hydrogen (secondary N) is 1. The summed E-state index contributed by atoms with van der Waals surface area (Å²) >= 11 is 10.6. The van der Waals surface area contributed by atoms with E-state index in [9.17, 15) is 4.79 Å². The van der Waals surface area contributed by atoms with E-state index in [1.54, 1.807) is 18.2 Å². The topological polar surface area (TPSA) is 64.3 Å². The van der Waals surface area contributed by atoms with E-state index >= 15 is 0 Å². The SMILES string of the molecule is COc1ccc(NC(=O)CCC(N)=S)cc1Cl. The van der Waals surface area contributed by atoms with Gasteiger partial charge in [0, 0.05) is 18.5 Å². The molecule has 1 aromatic carbocycles. The summed E-state index contributed by atoms with van der Waals surface area (Å²) in [5.74, 6) is 0.409. The number of rotatable bonds is 5. The molecule has 92 valence electrons. The average molecular weight is 273 g/mol. The number of amides is 1. The minimum Gasteiger partial charge on any atom is -0.495 e. The molecule has 1 aromatic rings. The first-order valence-corrected chi connectivity index (χ1v) is 5.73. The molecule has 0 fully saturated rings. The Balaban J connectivity index is 2.60. The van der Waals surface area contributed by atoms with Crippen LogP contribution in [0.25, 0.3) is 0 Å². The second-order valence-corrected chi connectivity index (χ2v) is 4.30. The van der Waals surface area contributed by atoms with Gasteiger partial charge < -0.3 is 15.8 Å². The number of halogens is 1. The number of hydrogen-bond acceptors (Lipinski definition) is 3. The first kappa shape index (κ1) is 13.7. The Morgan fingerprint density at radius 3 is 2.76 bits per heavy atom. The van der Waals surface area contributed by atoms with Crippen LogP contribution in [0.2, 0.25) is 5.02 Å². The highest BCUT2D eigenvalue weighted by molar-refractivity contribution is 7.80. The number of anilines is 1. The molecule has 0 saturated heterocycles. The van der Waals surface area contributed by atoms with Gasteiger partial charge in [0.1, 0.15) is 5.75 Å². The Morgan fingerprint density at radius 1 is 1.53 bits per heavy atom. The molecule has 0 atom stereocenters. The third-order valence-electron chi connectivity index (χ3n) is 2.03. The number of nitrogens with two attached hydrogens (primary N) is 1. The quantitative estimate of drug-likeness (QED) is 0.808. The molecule has 4 nitrogen and oxygen atoms in total. The zero-order valence-corrected chi connectivity index (χ0v) is 10.9. The van der Waals surface area contributed by atoms with E-state index in [4.69, 9.17) is 34.3 Å². The van der Waals surface area contributed by atoms with E-state index in [1.807, 2.05) is 0 Å². The normalized spacial score (nSPS) is 9.76. The van der Waals surface area contributed by atoms with Crippen molar-refractivity contribution in [2.24, 2.45) is 5.73 Å². The zero-order chi connectivity index (χ0) is 12.8. The summed E-state index contributed by atoms with van der Waals surface area (Å²) in [5, 5.41) is 3.14. The fourth-order valence-electron chi connectivity index (χ4n) is 1.20. The van der Waals surface area contributed by atoms with Gasteiger partial charge in [0.25, 0.3) is 0 Å². The molecule has 0 radical (unpaired) electrons. The third-order valence-corrected chi connectivity index (χ3v) is 2.53. The highest BCUT2D eigenvalue weighted by Gasteiger charge is 2.06. The van der Waals surface area contributed by atoms with E-state index in [0.717, 1.165) is 0 Å². The van der Waals surface area contributed by atoms with E-state index in [0.29, 0.717) is 27.9 Å². The first-order valence-electron chi connectivity index (χ1n) is 4.94. The predicted molar refractivity (Wildman–Crippen MR) is 72.7 cm³/mol. The van der Waals surface area contributed by atoms with Crippen molar-refractivity contribution in [2.75, 3.05) is 12.4 Å². The van der Waals surface area contributed by atoms with Crippen molar-refractivity contribution < 1.29 is 9.53 Å². The van der Waals surface area contributed by atoms with Crippen LogP contribution in [0.1, 0.15) is 12.8 Å². The molecule has 1 amide bonds. The van der Waals surface area contributed by atoms with Crippen LogP contribution in [0.4, 0.5) is 5.69 Å². The summed E-state index contributed by atoms with van der Waals surface area (Å²) in [4.78, 5) is 11.8. The second-order valence-electron chi connectivity index (χ2n) is 3.36. The van der Waals surface area contributed by atoms with Gasteiger partial charge in [-0.25, -0.2) is 0 Å². The van der Waals surface area contributed by atoms with Crippen molar-refractivity contribution >= 4 is 40.4 Å². The molecule has 0 aromatic heterocycles. The first-order chi connectivity index (χ1) is 8.02. The number of ether oxygens (including phenoxy) is 1. The van der Waals surface area contributed by atoms with Crippen LogP contribution < -0.4 is 15.8 Å². The summed E-state index contributed by atoms with van der Waals surface area (Å²) in [6.45, 7) is 0. The molecule has 0 unspecified atom stereocenters. The van der Waals surface area contributed by atoms with Crippen molar-refractivity contribution in [1.29, 1.82) is 0 Å². The number of methoxy groups -OCH3 is 1. The average Bonchev–Trinajstić information content (AvgIpc) is 2.26. The Bertz CT molecular complexity index is 437. The predicted octanol–water partition coefficient (Wildman–Crippen LogP) is 2.35. The molecule has 0 bridgehead atoms. The lowest BCUT2D eigenvalue weighted by atomic mass is 10.2. The van der Waals surface area contributed by atoms with Crippen LogP contribution in [0.5, 0.6) is 5.75 Å². The smallest absolute Gasteiger partial charge is 0.224 e. The maximum absolute atomic E-state index is 11.5. The minimum atomic E-state index is -0.154. The van der Waals surface area contributed by atoms with Crippen LogP contribution in [0.3, 0.4) is 0 Å². The van der Waals surface area contributed by atoms with Crippen molar-refractivity contribution in [3.05, 3.63) is 23.2 Å². The van der Waals surface area contributed by atoms with Crippen molar-refractivity contribution in [1.82, 2.24) is 0 Å². The van der Waals surface area contributed by atoms with Crippen LogP contribution in [0, 0.1) is 0 Å². The zero-order valence-electron chi connectivity index (χ0n) is 9.33. The lowest BCUT2D eigenvalue weighted by molar-refractivity contribution is -0.116. The summed E-state index contributed by atoms with van der Waals surface area (Å²) < 4.78 is 5.01. The summed E-state index contributed by atoms with van der Waals surface area (Å²) in [6.07, 6.45) is 0.657. The molecule has 0 aliphatic carbocycles. The van der Waals surface area contributed by atoms with Crippen LogP contribution in [-0.4, -0.2) is 18.0 Å². The largest absolute Gasteiger partial charge is 0.495 e. The van der Waals surface area contributed by atoms with Crippen LogP contribution >= 0.6 is 23.8 Å². The Kier molecular flexibility index (Phi) is 5.18. The number of carbonyl (C=O) groups is 1. The third kappa shape index (κ3) is 4.58. The van der Waals surface area contributed by atoms with Gasteiger partial charge >= 0.3 is 0 Å². The maximum Gasteiger partial charge on any atom is 0.224 e. The highest BCUT2D eigenvalue weighted by Crippen LogP contribution is 2.27. The van der Waals surface area contributed by atoms with Gasteiger partial charge in [-0.05, 0) is 18.2 Å². The summed E-state index contributed by atoms with van der Waals surface area (Å²) in [5.41, 5.74) is 5.92. The van der Waals surface area contributed by atoms with Crippen molar-refractivity contribution in [3.8, 4) is 5.75 Å². The fourth-order valence-corrected chi connectivity index (χ4v) is 1.56. The molecule has 0 saturated carbocycles. The fraction of sp³-hybridized carbons (Fsp3) is 0.273. The lowest BCUT2D eigenvalue weighted by Gasteiger charge is -2.07. The van der Waals surface area contributed by atoms with Crippen molar-refractivity contribution in [2.45, 2.75) is 12.8 Å². The van der Waals surface area contributed by atoms with Gasteiger partial charge in [-0.3, -0.25) is 4.79 Å². The van der Waals surface area contributed by atoms with E-state index < -0.39 is 0 Å². The Labute approximate surface area is 110 Å².